The normalized spacial score (nSPS) is 23.9. The third-order valence-corrected chi connectivity index (χ3v) is 1.79. The maximum Gasteiger partial charge on any atom is 0.172 e. The molecule has 0 N–H and O–H groups in total. The highest BCUT2D eigenvalue weighted by Crippen LogP contribution is 2.17. The second kappa shape index (κ2) is 4.56. The van der Waals surface area contributed by atoms with Gasteiger partial charge in [-0.3, -0.25) is 0 Å². The first-order chi connectivity index (χ1) is 6.14. The standard InChI is InChI=1S/C9H15N2O2/c1-9(2,3-4-10)13-8-7-11-5-6-12-8/h8H,3,5-7H2,1-2H3. The van der Waals surface area contributed by atoms with Crippen LogP contribution in [0.5, 0.6) is 0 Å². The lowest BCUT2D eigenvalue weighted by molar-refractivity contribution is -0.206. The van der Waals surface area contributed by atoms with Crippen molar-refractivity contribution < 1.29 is 9.47 Å². The summed E-state index contributed by atoms with van der Waals surface area (Å²) in [6.07, 6.45) is 0.101. The van der Waals surface area contributed by atoms with Crippen molar-refractivity contribution >= 4 is 0 Å². The first kappa shape index (κ1) is 10.5. The minimum absolute atomic E-state index is 0.267. The van der Waals surface area contributed by atoms with Gasteiger partial charge in [0.05, 0.1) is 31.2 Å². The van der Waals surface area contributed by atoms with Crippen LogP contribution in [0.4, 0.5) is 0 Å². The lowest BCUT2D eigenvalue weighted by atomic mass is 10.1. The molecule has 13 heavy (non-hydrogen) atoms. The van der Waals surface area contributed by atoms with Crippen molar-refractivity contribution in [1.82, 2.24) is 5.32 Å². The molecular formula is C9H15N2O2. The van der Waals surface area contributed by atoms with Crippen LogP contribution in [-0.4, -0.2) is 31.6 Å². The van der Waals surface area contributed by atoms with E-state index in [2.05, 4.69) is 11.4 Å². The van der Waals surface area contributed by atoms with Crippen molar-refractivity contribution in [1.29, 1.82) is 5.26 Å². The topological polar surface area (TPSA) is 56.3 Å². The maximum atomic E-state index is 8.54. The summed E-state index contributed by atoms with van der Waals surface area (Å²) in [7, 11) is 0. The Balaban J connectivity index is 2.33. The average Bonchev–Trinajstić information content (AvgIpc) is 2.04. The van der Waals surface area contributed by atoms with Crippen LogP contribution in [0.15, 0.2) is 0 Å². The molecule has 1 saturated heterocycles. The molecule has 0 aromatic rings. The van der Waals surface area contributed by atoms with Gasteiger partial charge in [-0.15, -0.1) is 0 Å². The number of nitrogens with zero attached hydrogens (tertiary/aromatic N) is 2. The Kier molecular flexibility index (Phi) is 3.67. The van der Waals surface area contributed by atoms with E-state index < -0.39 is 5.60 Å². The van der Waals surface area contributed by atoms with Gasteiger partial charge in [0.15, 0.2) is 6.29 Å². The Morgan fingerprint density at radius 3 is 3.00 bits per heavy atom. The van der Waals surface area contributed by atoms with Crippen molar-refractivity contribution in [3.63, 3.8) is 0 Å². The summed E-state index contributed by atoms with van der Waals surface area (Å²) in [6.45, 7) is 5.71. The smallest absolute Gasteiger partial charge is 0.172 e. The molecule has 0 amide bonds. The second-order valence-corrected chi connectivity index (χ2v) is 3.64. The summed E-state index contributed by atoms with van der Waals surface area (Å²) < 4.78 is 10.9. The molecule has 1 heterocycles. The third-order valence-electron chi connectivity index (χ3n) is 1.79. The van der Waals surface area contributed by atoms with Gasteiger partial charge >= 0.3 is 0 Å². The SMILES string of the molecule is CC(C)(CC#N)OC1C[N]CCO1. The highest BCUT2D eigenvalue weighted by Gasteiger charge is 2.25. The highest BCUT2D eigenvalue weighted by molar-refractivity contribution is 4.84. The summed E-state index contributed by atoms with van der Waals surface area (Å²) in [5.74, 6) is 0. The highest BCUT2D eigenvalue weighted by atomic mass is 16.7. The van der Waals surface area contributed by atoms with Crippen LogP contribution in [0.3, 0.4) is 0 Å². The van der Waals surface area contributed by atoms with Gasteiger partial charge in [0.1, 0.15) is 0 Å². The van der Waals surface area contributed by atoms with Crippen LogP contribution in [0.25, 0.3) is 0 Å². The molecule has 0 spiro atoms. The molecule has 73 valence electrons. The molecular weight excluding hydrogens is 168 g/mol. The Hall–Kier alpha value is -0.630. The third kappa shape index (κ3) is 3.73. The van der Waals surface area contributed by atoms with Gasteiger partial charge in [-0.1, -0.05) is 0 Å². The van der Waals surface area contributed by atoms with E-state index in [-0.39, 0.29) is 6.29 Å². The van der Waals surface area contributed by atoms with Crippen molar-refractivity contribution in [2.75, 3.05) is 19.7 Å². The summed E-state index contributed by atoms with van der Waals surface area (Å²) >= 11 is 0. The van der Waals surface area contributed by atoms with Gasteiger partial charge in [0.25, 0.3) is 0 Å². The van der Waals surface area contributed by atoms with E-state index in [0.717, 1.165) is 6.54 Å². The number of ether oxygens (including phenoxy) is 2. The average molecular weight is 183 g/mol. The van der Waals surface area contributed by atoms with E-state index >= 15 is 0 Å². The molecule has 0 bridgehead atoms. The van der Waals surface area contributed by atoms with Crippen LogP contribution in [0, 0.1) is 11.3 Å². The van der Waals surface area contributed by atoms with E-state index in [1.807, 2.05) is 13.8 Å². The number of hydrogen-bond donors (Lipinski definition) is 0. The monoisotopic (exact) mass is 183 g/mol. The molecule has 4 nitrogen and oxygen atoms in total. The summed E-state index contributed by atoms with van der Waals surface area (Å²) in [5.41, 5.74) is -0.438. The first-order valence-electron chi connectivity index (χ1n) is 4.44. The molecule has 1 aliphatic heterocycles. The van der Waals surface area contributed by atoms with Gasteiger partial charge in [-0.25, -0.2) is 5.32 Å². The molecule has 1 atom stereocenters. The van der Waals surface area contributed by atoms with E-state index in [1.54, 1.807) is 0 Å². The number of morpholine rings is 1. The largest absolute Gasteiger partial charge is 0.350 e. The van der Waals surface area contributed by atoms with E-state index in [4.69, 9.17) is 14.7 Å². The van der Waals surface area contributed by atoms with Crippen molar-refractivity contribution in [2.24, 2.45) is 0 Å². The predicted molar refractivity (Wildman–Crippen MR) is 47.0 cm³/mol. The molecule has 0 saturated carbocycles. The molecule has 0 aliphatic carbocycles. The van der Waals surface area contributed by atoms with Crippen LogP contribution < -0.4 is 5.32 Å². The number of nitriles is 1. The molecule has 4 heteroatoms. The lowest BCUT2D eigenvalue weighted by Crippen LogP contribution is -2.41. The lowest BCUT2D eigenvalue weighted by Gasteiger charge is -2.30. The van der Waals surface area contributed by atoms with Gasteiger partial charge in [-0.05, 0) is 13.8 Å². The first-order valence-corrected chi connectivity index (χ1v) is 4.44. The van der Waals surface area contributed by atoms with Crippen LogP contribution in [0.1, 0.15) is 20.3 Å². The molecule has 1 fully saturated rings. The zero-order chi connectivity index (χ0) is 9.73. The fourth-order valence-corrected chi connectivity index (χ4v) is 1.16. The Morgan fingerprint density at radius 2 is 2.46 bits per heavy atom. The molecule has 0 aromatic heterocycles. The van der Waals surface area contributed by atoms with Crippen molar-refractivity contribution in [2.45, 2.75) is 32.2 Å². The molecule has 1 unspecified atom stereocenters. The Labute approximate surface area is 78.8 Å². The summed E-state index contributed by atoms with van der Waals surface area (Å²) in [5, 5.41) is 12.7. The van der Waals surface area contributed by atoms with E-state index in [0.29, 0.717) is 19.6 Å². The molecule has 1 rings (SSSR count). The van der Waals surface area contributed by atoms with Crippen LogP contribution >= 0.6 is 0 Å². The zero-order valence-electron chi connectivity index (χ0n) is 8.12. The zero-order valence-corrected chi connectivity index (χ0v) is 8.12. The van der Waals surface area contributed by atoms with Gasteiger partial charge in [0.2, 0.25) is 0 Å². The van der Waals surface area contributed by atoms with E-state index in [1.165, 1.54) is 0 Å². The fraction of sp³-hybridized carbons (Fsp3) is 0.889. The minimum atomic E-state index is -0.438. The number of hydrogen-bond acceptors (Lipinski definition) is 3. The second-order valence-electron chi connectivity index (χ2n) is 3.64. The van der Waals surface area contributed by atoms with Gasteiger partial charge in [0, 0.05) is 6.54 Å². The Morgan fingerprint density at radius 1 is 1.69 bits per heavy atom. The van der Waals surface area contributed by atoms with Gasteiger partial charge in [-0.2, -0.15) is 5.26 Å². The maximum absolute atomic E-state index is 8.54. The molecule has 1 aliphatic rings. The summed E-state index contributed by atoms with van der Waals surface area (Å²) in [4.78, 5) is 0. The van der Waals surface area contributed by atoms with Gasteiger partial charge < -0.3 is 9.47 Å². The Bertz CT molecular complexity index is 192. The number of rotatable bonds is 3. The molecule has 1 radical (unpaired) electrons. The van der Waals surface area contributed by atoms with Crippen molar-refractivity contribution in [3.8, 4) is 6.07 Å². The van der Waals surface area contributed by atoms with Crippen molar-refractivity contribution in [3.05, 3.63) is 0 Å². The quantitative estimate of drug-likeness (QED) is 0.645. The van der Waals surface area contributed by atoms with Crippen LogP contribution in [0.2, 0.25) is 0 Å². The van der Waals surface area contributed by atoms with E-state index in [9.17, 15) is 0 Å². The fourth-order valence-electron chi connectivity index (χ4n) is 1.16. The summed E-state index contributed by atoms with van der Waals surface area (Å²) in [6, 6.07) is 2.09. The predicted octanol–water partition coefficient (Wildman–Crippen LogP) is 0.656. The van der Waals surface area contributed by atoms with Crippen LogP contribution in [-0.2, 0) is 9.47 Å². The molecule has 0 aromatic carbocycles. The minimum Gasteiger partial charge on any atom is -0.350 e.